The van der Waals surface area contributed by atoms with Gasteiger partial charge in [0.15, 0.2) is 0 Å². The minimum absolute atomic E-state index is 0. The summed E-state index contributed by atoms with van der Waals surface area (Å²) in [5.41, 5.74) is 0. The Balaban J connectivity index is -0.000000107. The Morgan fingerprint density at radius 2 is 1.60 bits per heavy atom. The second-order valence-corrected chi connectivity index (χ2v) is 1.51. The molecule has 0 saturated carbocycles. The predicted octanol–water partition coefficient (Wildman–Crippen LogP) is 0.700. The van der Waals surface area contributed by atoms with Crippen LogP contribution in [-0.2, 0) is 37.5 Å². The standard InChI is InChI=1S/C5H11N.C2H3O.Y/c1-4-6(3)5-2;1-2-3;/h1-2,4-5H2,3H3;1H3;/q-2;-1;+3. The summed E-state index contributed by atoms with van der Waals surface area (Å²) in [4.78, 5) is 10.7. The smallest absolute Gasteiger partial charge is 0.542 e. The molecule has 0 aromatic heterocycles. The van der Waals surface area contributed by atoms with E-state index in [2.05, 4.69) is 13.8 Å². The summed E-state index contributed by atoms with van der Waals surface area (Å²) in [6, 6.07) is 0. The Hall–Kier alpha value is 0.734. The van der Waals surface area contributed by atoms with Gasteiger partial charge >= 0.3 is 32.7 Å². The van der Waals surface area contributed by atoms with E-state index in [1.807, 2.05) is 11.9 Å². The quantitative estimate of drug-likeness (QED) is 0.634. The number of nitrogens with zero attached hydrogens (tertiary/aromatic N) is 1. The van der Waals surface area contributed by atoms with Crippen LogP contribution in [-0.4, -0.2) is 31.3 Å². The maximum Gasteiger partial charge on any atom is 3.00 e. The molecule has 0 heterocycles. The zero-order valence-electron chi connectivity index (χ0n) is 6.76. The number of hydrogen-bond donors (Lipinski definition) is 0. The summed E-state index contributed by atoms with van der Waals surface area (Å²) in [5.74, 6) is 0. The molecule has 0 rings (SSSR count). The van der Waals surface area contributed by atoms with Crippen LogP contribution >= 0.6 is 0 Å². The average molecular weight is 217 g/mol. The molecule has 0 aliphatic rings. The van der Waals surface area contributed by atoms with E-state index in [-0.39, 0.29) is 32.7 Å². The van der Waals surface area contributed by atoms with E-state index in [0.29, 0.717) is 0 Å². The Labute approximate surface area is 89.2 Å². The van der Waals surface area contributed by atoms with E-state index in [0.717, 1.165) is 13.1 Å². The molecule has 0 bridgehead atoms. The van der Waals surface area contributed by atoms with Crippen LogP contribution < -0.4 is 0 Å². The van der Waals surface area contributed by atoms with Crippen molar-refractivity contribution in [1.29, 1.82) is 0 Å². The summed E-state index contributed by atoms with van der Waals surface area (Å²) in [6.45, 7) is 10.3. The van der Waals surface area contributed by atoms with Gasteiger partial charge in [-0.25, -0.2) is 0 Å². The fourth-order valence-electron chi connectivity index (χ4n) is 0.112. The summed E-state index contributed by atoms with van der Waals surface area (Å²) in [6.07, 6.45) is 1.50. The van der Waals surface area contributed by atoms with Gasteiger partial charge in [-0.1, -0.05) is 0 Å². The van der Waals surface area contributed by atoms with Crippen molar-refractivity contribution in [2.45, 2.75) is 6.92 Å². The van der Waals surface area contributed by atoms with Gasteiger partial charge in [0.25, 0.3) is 0 Å². The van der Waals surface area contributed by atoms with Crippen molar-refractivity contribution in [3.8, 4) is 0 Å². The number of carbonyl (C=O) groups excluding carboxylic acids is 1. The number of hydrogen-bond acceptors (Lipinski definition) is 2. The van der Waals surface area contributed by atoms with Crippen molar-refractivity contribution >= 4 is 6.29 Å². The van der Waals surface area contributed by atoms with Crippen molar-refractivity contribution < 1.29 is 37.5 Å². The first kappa shape index (κ1) is 17.0. The van der Waals surface area contributed by atoms with E-state index in [4.69, 9.17) is 4.79 Å². The van der Waals surface area contributed by atoms with Crippen LogP contribution in [0.15, 0.2) is 0 Å². The van der Waals surface area contributed by atoms with Crippen molar-refractivity contribution in [3.05, 3.63) is 13.8 Å². The van der Waals surface area contributed by atoms with Crippen LogP contribution in [0.4, 0.5) is 0 Å². The summed E-state index contributed by atoms with van der Waals surface area (Å²) in [5, 5.41) is 0. The van der Waals surface area contributed by atoms with E-state index in [9.17, 15) is 0 Å². The molecule has 0 unspecified atom stereocenters. The topological polar surface area (TPSA) is 20.3 Å². The molecule has 2 nitrogen and oxygen atoms in total. The van der Waals surface area contributed by atoms with Gasteiger partial charge in [-0.2, -0.15) is 6.92 Å². The third kappa shape index (κ3) is 23.3. The second-order valence-electron chi connectivity index (χ2n) is 1.51. The molecular weight excluding hydrogens is 203 g/mol. The normalized spacial score (nSPS) is 7.30. The Kier molecular flexibility index (Phi) is 27.8. The van der Waals surface area contributed by atoms with Crippen LogP contribution in [0.3, 0.4) is 0 Å². The predicted molar refractivity (Wildman–Crippen MR) is 39.6 cm³/mol. The molecule has 56 valence electrons. The second kappa shape index (κ2) is 16.4. The third-order valence-corrected chi connectivity index (χ3v) is 0.763. The van der Waals surface area contributed by atoms with E-state index in [1.165, 1.54) is 13.2 Å². The first-order valence-corrected chi connectivity index (χ1v) is 2.78. The van der Waals surface area contributed by atoms with Gasteiger partial charge in [0.1, 0.15) is 0 Å². The van der Waals surface area contributed by atoms with Crippen molar-refractivity contribution in [1.82, 2.24) is 4.90 Å². The van der Waals surface area contributed by atoms with Gasteiger partial charge < -0.3 is 23.5 Å². The van der Waals surface area contributed by atoms with E-state index >= 15 is 0 Å². The monoisotopic (exact) mass is 217 g/mol. The van der Waals surface area contributed by atoms with Gasteiger partial charge in [0, 0.05) is 0 Å². The molecule has 0 aromatic carbocycles. The number of rotatable bonds is 2. The van der Waals surface area contributed by atoms with Gasteiger partial charge in [-0.15, -0.1) is 13.1 Å². The molecule has 0 spiro atoms. The Bertz CT molecular complexity index is 55.6. The molecule has 0 radical (unpaired) electrons. The van der Waals surface area contributed by atoms with Crippen molar-refractivity contribution in [2.75, 3.05) is 20.1 Å². The fraction of sp³-hybridized carbons (Fsp3) is 0.571. The van der Waals surface area contributed by atoms with Gasteiger partial charge in [-0.3, -0.25) is 6.29 Å². The molecule has 0 amide bonds. The van der Waals surface area contributed by atoms with Crippen molar-refractivity contribution in [3.63, 3.8) is 0 Å². The molecule has 10 heavy (non-hydrogen) atoms. The molecule has 0 atom stereocenters. The Morgan fingerprint density at radius 3 is 1.60 bits per heavy atom. The molecule has 0 aliphatic carbocycles. The SMILES string of the molecule is C[C-]=O.[CH2-]CN(C)C[CH2-].[Y+3]. The van der Waals surface area contributed by atoms with Crippen LogP contribution in [0.2, 0.25) is 0 Å². The van der Waals surface area contributed by atoms with Gasteiger partial charge in [-0.05, 0) is 7.05 Å². The van der Waals surface area contributed by atoms with Crippen LogP contribution in [0.25, 0.3) is 0 Å². The summed E-state index contributed by atoms with van der Waals surface area (Å²) >= 11 is 0. The van der Waals surface area contributed by atoms with Crippen LogP contribution in [0, 0.1) is 13.8 Å². The third-order valence-electron chi connectivity index (χ3n) is 0.763. The molecule has 0 N–H and O–H groups in total. The Morgan fingerprint density at radius 1 is 1.40 bits per heavy atom. The maximum atomic E-state index is 8.68. The van der Waals surface area contributed by atoms with E-state index < -0.39 is 0 Å². The zero-order chi connectivity index (χ0) is 7.70. The van der Waals surface area contributed by atoms with Gasteiger partial charge in [0.2, 0.25) is 0 Å². The largest absolute Gasteiger partial charge is 3.00 e. The first-order valence-electron chi connectivity index (χ1n) is 2.78. The first-order chi connectivity index (χ1) is 4.22. The molecular formula is C7H14NOY. The van der Waals surface area contributed by atoms with Crippen LogP contribution in [0.1, 0.15) is 6.92 Å². The fourth-order valence-corrected chi connectivity index (χ4v) is 0.112. The van der Waals surface area contributed by atoms with Crippen LogP contribution in [0.5, 0.6) is 0 Å². The zero-order valence-corrected chi connectivity index (χ0v) is 9.60. The summed E-state index contributed by atoms with van der Waals surface area (Å²) in [7, 11) is 1.99. The molecule has 3 heteroatoms. The average Bonchev–Trinajstić information content (AvgIpc) is 1.88. The molecule has 0 aromatic rings. The maximum absolute atomic E-state index is 8.68. The van der Waals surface area contributed by atoms with Gasteiger partial charge in [0.05, 0.1) is 0 Å². The molecule has 0 saturated heterocycles. The van der Waals surface area contributed by atoms with Crippen molar-refractivity contribution in [2.24, 2.45) is 0 Å². The minimum atomic E-state index is 0. The molecule has 0 aliphatic heterocycles. The van der Waals surface area contributed by atoms with E-state index in [1.54, 1.807) is 0 Å². The summed E-state index contributed by atoms with van der Waals surface area (Å²) < 4.78 is 0. The minimum Gasteiger partial charge on any atom is -0.542 e. The molecule has 0 fully saturated rings.